The van der Waals surface area contributed by atoms with Crippen molar-refractivity contribution in [2.45, 2.75) is 6.42 Å². The van der Waals surface area contributed by atoms with Crippen LogP contribution in [-0.4, -0.2) is 14.6 Å². The molecule has 0 aliphatic carbocycles. The highest BCUT2D eigenvalue weighted by molar-refractivity contribution is 5.63. The number of rotatable bonds is 3. The summed E-state index contributed by atoms with van der Waals surface area (Å²) in [5, 5.41) is 3.03. The van der Waals surface area contributed by atoms with Crippen LogP contribution in [0.3, 0.4) is 0 Å². The third kappa shape index (κ3) is 2.44. The number of nitrogens with one attached hydrogen (secondary N) is 1. The molecule has 0 aliphatic heterocycles. The van der Waals surface area contributed by atoms with Gasteiger partial charge >= 0.3 is 0 Å². The molecule has 1 N–H and O–H groups in total. The summed E-state index contributed by atoms with van der Waals surface area (Å²) in [6.07, 6.45) is 4.26. The van der Waals surface area contributed by atoms with Gasteiger partial charge in [0.25, 0.3) is 5.56 Å². The normalized spacial score (nSPS) is 11.0. The Labute approximate surface area is 133 Å². The molecule has 4 heteroatoms. The van der Waals surface area contributed by atoms with Crippen molar-refractivity contribution in [1.82, 2.24) is 14.6 Å². The molecule has 23 heavy (non-hydrogen) atoms. The van der Waals surface area contributed by atoms with Crippen molar-refractivity contribution in [3.8, 4) is 11.1 Å². The molecule has 0 bridgehead atoms. The highest BCUT2D eigenvalue weighted by atomic mass is 16.1. The lowest BCUT2D eigenvalue weighted by molar-refractivity contribution is 0.902. The average Bonchev–Trinajstić information content (AvgIpc) is 3.01. The summed E-state index contributed by atoms with van der Waals surface area (Å²) >= 11 is 0. The van der Waals surface area contributed by atoms with E-state index in [1.807, 2.05) is 54.7 Å². The summed E-state index contributed by atoms with van der Waals surface area (Å²) < 4.78 is 1.51. The van der Waals surface area contributed by atoms with Crippen molar-refractivity contribution in [2.24, 2.45) is 0 Å². The number of aromatic nitrogens is 3. The molecule has 0 spiro atoms. The smallest absolute Gasteiger partial charge is 0.280 e. The van der Waals surface area contributed by atoms with Gasteiger partial charge in [0.05, 0.1) is 5.56 Å². The Bertz CT molecular complexity index is 1000. The topological polar surface area (TPSA) is 50.2 Å². The molecule has 0 fully saturated rings. The first-order valence-electron chi connectivity index (χ1n) is 7.50. The first-order valence-corrected chi connectivity index (χ1v) is 7.50. The Morgan fingerprint density at radius 3 is 2.39 bits per heavy atom. The Hall–Kier alpha value is -3.14. The van der Waals surface area contributed by atoms with Gasteiger partial charge in [-0.25, -0.2) is 9.50 Å². The van der Waals surface area contributed by atoms with E-state index >= 15 is 0 Å². The standard InChI is InChI=1S/C19H15N3O/c23-19-17(15-9-5-2-6-10-15)13-20-18-16(12-21-22(18)19)11-14-7-3-1-4-8-14/h1-10,12-13,21H,11H2. The monoisotopic (exact) mass is 301 g/mol. The van der Waals surface area contributed by atoms with Gasteiger partial charge in [-0.3, -0.25) is 9.89 Å². The van der Waals surface area contributed by atoms with Crippen molar-refractivity contribution in [3.63, 3.8) is 0 Å². The second kappa shape index (κ2) is 5.57. The molecule has 2 aromatic carbocycles. The molecule has 4 rings (SSSR count). The Morgan fingerprint density at radius 1 is 0.957 bits per heavy atom. The van der Waals surface area contributed by atoms with Gasteiger partial charge in [-0.05, 0) is 11.1 Å². The molecule has 0 aliphatic rings. The molecular weight excluding hydrogens is 286 g/mol. The number of hydrogen-bond acceptors (Lipinski definition) is 2. The summed E-state index contributed by atoms with van der Waals surface area (Å²) in [6, 6.07) is 19.7. The van der Waals surface area contributed by atoms with Crippen LogP contribution in [0.5, 0.6) is 0 Å². The first kappa shape index (κ1) is 13.5. The van der Waals surface area contributed by atoms with Crippen LogP contribution in [0.4, 0.5) is 0 Å². The number of fused-ring (bicyclic) bond motifs is 1. The minimum atomic E-state index is -0.0829. The second-order valence-electron chi connectivity index (χ2n) is 5.46. The van der Waals surface area contributed by atoms with Crippen molar-refractivity contribution >= 4 is 5.65 Å². The van der Waals surface area contributed by atoms with Crippen LogP contribution in [0.2, 0.25) is 0 Å². The van der Waals surface area contributed by atoms with Gasteiger partial charge < -0.3 is 0 Å². The predicted molar refractivity (Wildman–Crippen MR) is 90.5 cm³/mol. The molecule has 0 unspecified atom stereocenters. The van der Waals surface area contributed by atoms with E-state index in [1.54, 1.807) is 6.20 Å². The largest absolute Gasteiger partial charge is 0.297 e. The molecule has 0 amide bonds. The maximum Gasteiger partial charge on any atom is 0.280 e. The number of benzene rings is 2. The van der Waals surface area contributed by atoms with Gasteiger partial charge in [0.15, 0.2) is 5.65 Å². The van der Waals surface area contributed by atoms with Crippen molar-refractivity contribution < 1.29 is 0 Å². The first-order chi connectivity index (χ1) is 11.3. The van der Waals surface area contributed by atoms with E-state index in [0.29, 0.717) is 11.2 Å². The van der Waals surface area contributed by atoms with Crippen LogP contribution < -0.4 is 5.56 Å². The second-order valence-corrected chi connectivity index (χ2v) is 5.46. The lowest BCUT2D eigenvalue weighted by atomic mass is 10.1. The third-order valence-electron chi connectivity index (χ3n) is 3.94. The molecule has 112 valence electrons. The molecule has 0 saturated carbocycles. The fraction of sp³-hybridized carbons (Fsp3) is 0.0526. The Morgan fingerprint density at radius 2 is 1.65 bits per heavy atom. The maximum atomic E-state index is 12.7. The van der Waals surface area contributed by atoms with Crippen LogP contribution in [0.1, 0.15) is 11.1 Å². The van der Waals surface area contributed by atoms with Gasteiger partial charge in [0.1, 0.15) is 0 Å². The number of H-pyrrole nitrogens is 1. The van der Waals surface area contributed by atoms with Crippen LogP contribution in [-0.2, 0) is 6.42 Å². The van der Waals surface area contributed by atoms with Gasteiger partial charge in [0, 0.05) is 24.4 Å². The van der Waals surface area contributed by atoms with Crippen molar-refractivity contribution in [2.75, 3.05) is 0 Å². The average molecular weight is 301 g/mol. The molecule has 2 heterocycles. The molecule has 4 aromatic rings. The quantitative estimate of drug-likeness (QED) is 0.631. The Kier molecular flexibility index (Phi) is 3.27. The van der Waals surface area contributed by atoms with E-state index in [0.717, 1.165) is 17.5 Å². The molecule has 0 saturated heterocycles. The van der Waals surface area contributed by atoms with E-state index in [-0.39, 0.29) is 5.56 Å². The minimum absolute atomic E-state index is 0.0829. The molecule has 0 radical (unpaired) electrons. The van der Waals surface area contributed by atoms with Crippen LogP contribution in [0.15, 0.2) is 77.9 Å². The van der Waals surface area contributed by atoms with E-state index in [2.05, 4.69) is 22.2 Å². The summed E-state index contributed by atoms with van der Waals surface area (Å²) in [5.74, 6) is 0. The highest BCUT2D eigenvalue weighted by Crippen LogP contribution is 2.17. The van der Waals surface area contributed by atoms with E-state index in [1.165, 1.54) is 10.1 Å². The molecule has 2 aromatic heterocycles. The summed E-state index contributed by atoms with van der Waals surface area (Å²) in [6.45, 7) is 0. The van der Waals surface area contributed by atoms with Crippen molar-refractivity contribution in [3.05, 3.63) is 94.5 Å². The van der Waals surface area contributed by atoms with Crippen LogP contribution in [0, 0.1) is 0 Å². The number of nitrogens with zero attached hydrogens (tertiary/aromatic N) is 2. The lowest BCUT2D eigenvalue weighted by Crippen LogP contribution is -2.17. The highest BCUT2D eigenvalue weighted by Gasteiger charge is 2.11. The fourth-order valence-corrected chi connectivity index (χ4v) is 2.77. The van der Waals surface area contributed by atoms with Crippen LogP contribution in [0.25, 0.3) is 16.8 Å². The molecule has 0 atom stereocenters. The van der Waals surface area contributed by atoms with Gasteiger partial charge in [0.2, 0.25) is 0 Å². The molecular formula is C19H15N3O. The number of aromatic amines is 1. The van der Waals surface area contributed by atoms with E-state index in [4.69, 9.17) is 0 Å². The SMILES string of the molecule is O=c1c(-c2ccccc2)cnc2c(Cc3ccccc3)c[nH]n12. The molecule has 4 nitrogen and oxygen atoms in total. The van der Waals surface area contributed by atoms with Gasteiger partial charge in [-0.1, -0.05) is 60.7 Å². The maximum absolute atomic E-state index is 12.7. The Balaban J connectivity index is 1.80. The summed E-state index contributed by atoms with van der Waals surface area (Å²) in [4.78, 5) is 17.2. The van der Waals surface area contributed by atoms with Crippen LogP contribution >= 0.6 is 0 Å². The predicted octanol–water partition coefficient (Wildman–Crippen LogP) is 3.28. The third-order valence-corrected chi connectivity index (χ3v) is 3.94. The minimum Gasteiger partial charge on any atom is -0.297 e. The fourth-order valence-electron chi connectivity index (χ4n) is 2.77. The number of hydrogen-bond donors (Lipinski definition) is 1. The zero-order valence-electron chi connectivity index (χ0n) is 12.4. The van der Waals surface area contributed by atoms with Crippen molar-refractivity contribution in [1.29, 1.82) is 0 Å². The van der Waals surface area contributed by atoms with E-state index < -0.39 is 0 Å². The zero-order valence-corrected chi connectivity index (χ0v) is 12.4. The lowest BCUT2D eigenvalue weighted by Gasteiger charge is -2.02. The van der Waals surface area contributed by atoms with Gasteiger partial charge in [-0.2, -0.15) is 0 Å². The van der Waals surface area contributed by atoms with Gasteiger partial charge in [-0.15, -0.1) is 0 Å². The van der Waals surface area contributed by atoms with E-state index in [9.17, 15) is 4.79 Å². The summed E-state index contributed by atoms with van der Waals surface area (Å²) in [5.41, 5.74) is 4.26. The zero-order chi connectivity index (χ0) is 15.6. The summed E-state index contributed by atoms with van der Waals surface area (Å²) in [7, 11) is 0.